The van der Waals surface area contributed by atoms with E-state index in [1.54, 1.807) is 0 Å². The van der Waals surface area contributed by atoms with Gasteiger partial charge in [-0.15, -0.1) is 0 Å². The van der Waals surface area contributed by atoms with Gasteiger partial charge in [0.25, 0.3) is 0 Å². The summed E-state index contributed by atoms with van der Waals surface area (Å²) in [6, 6.07) is 0. The van der Waals surface area contributed by atoms with E-state index in [1.807, 2.05) is 0 Å². The molecule has 1 aliphatic heterocycles. The van der Waals surface area contributed by atoms with Crippen LogP contribution in [0.3, 0.4) is 0 Å². The van der Waals surface area contributed by atoms with E-state index in [0.29, 0.717) is 23.3 Å². The van der Waals surface area contributed by atoms with E-state index < -0.39 is 31.1 Å². The lowest BCUT2D eigenvalue weighted by Gasteiger charge is -2.16. The standard InChI is InChI=1S/C13H14ClN5O5/c14-6(2-20)1-15-11-8-12(17-4-16-11)19(5-18-8)13-10(23)9(22)7(3-21)24-13/h1-2,4-5,7,9-10,13,21-23H,3H2,(H,15,16,17)/b6-1-/t7-,9-,10-,13-/m1/s1. The highest BCUT2D eigenvalue weighted by atomic mass is 35.5. The number of imidazole rings is 1. The van der Waals surface area contributed by atoms with E-state index >= 15 is 0 Å². The molecule has 0 aromatic carbocycles. The van der Waals surface area contributed by atoms with Gasteiger partial charge in [-0.2, -0.15) is 0 Å². The van der Waals surface area contributed by atoms with Gasteiger partial charge in [-0.3, -0.25) is 9.36 Å². The first kappa shape index (κ1) is 16.7. The highest BCUT2D eigenvalue weighted by Gasteiger charge is 2.44. The minimum atomic E-state index is -1.25. The molecule has 0 spiro atoms. The van der Waals surface area contributed by atoms with Crippen molar-refractivity contribution in [3.8, 4) is 0 Å². The fourth-order valence-corrected chi connectivity index (χ4v) is 2.48. The van der Waals surface area contributed by atoms with Gasteiger partial charge in [0.05, 0.1) is 18.0 Å². The second-order valence-electron chi connectivity index (χ2n) is 5.07. The van der Waals surface area contributed by atoms with Crippen molar-refractivity contribution in [1.29, 1.82) is 0 Å². The van der Waals surface area contributed by atoms with Crippen LogP contribution in [-0.2, 0) is 9.53 Å². The molecule has 2 aromatic heterocycles. The number of ether oxygens (including phenoxy) is 1. The lowest BCUT2D eigenvalue weighted by molar-refractivity contribution is -0.104. The number of aldehydes is 1. The van der Waals surface area contributed by atoms with Gasteiger partial charge < -0.3 is 25.4 Å². The van der Waals surface area contributed by atoms with Crippen molar-refractivity contribution in [1.82, 2.24) is 19.5 Å². The molecule has 24 heavy (non-hydrogen) atoms. The summed E-state index contributed by atoms with van der Waals surface area (Å²) < 4.78 is 6.88. The van der Waals surface area contributed by atoms with Crippen LogP contribution in [0.4, 0.5) is 5.82 Å². The third kappa shape index (κ3) is 2.85. The SMILES string of the molecule is O=C/C(Cl)=C/Nc1ncnc2c1ncn2[C@@H]1O[C@H](CO)[C@@H](O)[C@H]1O. The van der Waals surface area contributed by atoms with E-state index in [0.717, 1.165) is 0 Å². The Kier molecular flexibility index (Phi) is 4.73. The molecule has 1 fully saturated rings. The van der Waals surface area contributed by atoms with E-state index in [2.05, 4.69) is 20.3 Å². The third-order valence-corrected chi connectivity index (χ3v) is 3.81. The Morgan fingerprint density at radius 3 is 2.83 bits per heavy atom. The highest BCUT2D eigenvalue weighted by Crippen LogP contribution is 2.32. The van der Waals surface area contributed by atoms with Crippen LogP contribution in [0.2, 0.25) is 0 Å². The van der Waals surface area contributed by atoms with Crippen LogP contribution in [0.15, 0.2) is 23.9 Å². The molecule has 0 saturated carbocycles. The Hall–Kier alpha value is -2.11. The number of halogens is 1. The van der Waals surface area contributed by atoms with Gasteiger partial charge in [-0.1, -0.05) is 11.6 Å². The molecular formula is C13H14ClN5O5. The van der Waals surface area contributed by atoms with Gasteiger partial charge in [-0.05, 0) is 0 Å². The van der Waals surface area contributed by atoms with Crippen LogP contribution in [0.1, 0.15) is 6.23 Å². The molecule has 128 valence electrons. The maximum atomic E-state index is 10.5. The van der Waals surface area contributed by atoms with Crippen molar-refractivity contribution < 1.29 is 24.9 Å². The zero-order valence-corrected chi connectivity index (χ0v) is 12.9. The predicted molar refractivity (Wildman–Crippen MR) is 82.0 cm³/mol. The first-order chi connectivity index (χ1) is 11.6. The number of hydrogen-bond acceptors (Lipinski definition) is 9. The van der Waals surface area contributed by atoms with Crippen molar-refractivity contribution in [2.75, 3.05) is 11.9 Å². The van der Waals surface area contributed by atoms with E-state index in [-0.39, 0.29) is 5.03 Å². The van der Waals surface area contributed by atoms with Gasteiger partial charge >= 0.3 is 0 Å². The van der Waals surface area contributed by atoms with Gasteiger partial charge in [0.2, 0.25) is 0 Å². The largest absolute Gasteiger partial charge is 0.394 e. The maximum absolute atomic E-state index is 10.5. The topological polar surface area (TPSA) is 143 Å². The van der Waals surface area contributed by atoms with Gasteiger partial charge in [0.1, 0.15) is 24.6 Å². The van der Waals surface area contributed by atoms with Crippen molar-refractivity contribution in [2.24, 2.45) is 0 Å². The Morgan fingerprint density at radius 1 is 1.38 bits per heavy atom. The van der Waals surface area contributed by atoms with E-state index in [1.165, 1.54) is 23.4 Å². The van der Waals surface area contributed by atoms with Crippen LogP contribution in [0.25, 0.3) is 11.2 Å². The van der Waals surface area contributed by atoms with Crippen molar-refractivity contribution in [3.05, 3.63) is 23.9 Å². The number of anilines is 1. The predicted octanol–water partition coefficient (Wildman–Crippen LogP) is -0.871. The van der Waals surface area contributed by atoms with Crippen LogP contribution in [0.5, 0.6) is 0 Å². The molecule has 4 N–H and O–H groups in total. The lowest BCUT2D eigenvalue weighted by Crippen LogP contribution is -2.33. The number of nitrogens with zero attached hydrogens (tertiary/aromatic N) is 4. The molecule has 10 nitrogen and oxygen atoms in total. The third-order valence-electron chi connectivity index (χ3n) is 3.61. The smallest absolute Gasteiger partial charge is 0.167 e. The van der Waals surface area contributed by atoms with Crippen molar-refractivity contribution in [3.63, 3.8) is 0 Å². The normalized spacial score (nSPS) is 27.6. The number of carbonyl (C=O) groups is 1. The van der Waals surface area contributed by atoms with Crippen LogP contribution >= 0.6 is 11.6 Å². The quantitative estimate of drug-likeness (QED) is 0.397. The van der Waals surface area contributed by atoms with Crippen molar-refractivity contribution >= 4 is 34.9 Å². The summed E-state index contributed by atoms with van der Waals surface area (Å²) in [7, 11) is 0. The first-order valence-corrected chi connectivity index (χ1v) is 7.32. The molecular weight excluding hydrogens is 342 g/mol. The number of aliphatic hydroxyl groups excluding tert-OH is 3. The van der Waals surface area contributed by atoms with Crippen LogP contribution < -0.4 is 5.32 Å². The average Bonchev–Trinajstić information content (AvgIpc) is 3.15. The Balaban J connectivity index is 1.96. The van der Waals surface area contributed by atoms with Gasteiger partial charge in [0, 0.05) is 6.20 Å². The number of allylic oxidation sites excluding steroid dienone is 1. The van der Waals surface area contributed by atoms with Crippen LogP contribution in [0, 0.1) is 0 Å². The Labute approximate surface area is 140 Å². The molecule has 0 unspecified atom stereocenters. The second kappa shape index (κ2) is 6.79. The zero-order chi connectivity index (χ0) is 17.3. The summed E-state index contributed by atoms with van der Waals surface area (Å²) in [4.78, 5) is 22.8. The number of aliphatic hydroxyl groups is 3. The summed E-state index contributed by atoms with van der Waals surface area (Å²) in [6.45, 7) is -0.432. The highest BCUT2D eigenvalue weighted by molar-refractivity contribution is 6.38. The molecule has 0 aliphatic carbocycles. The van der Waals surface area contributed by atoms with Crippen molar-refractivity contribution in [2.45, 2.75) is 24.5 Å². The van der Waals surface area contributed by atoms with Crippen LogP contribution in [-0.4, -0.2) is 66.0 Å². The number of rotatable bonds is 5. The molecule has 0 radical (unpaired) electrons. The summed E-state index contributed by atoms with van der Waals surface area (Å²) in [5, 5.41) is 31.8. The molecule has 1 saturated heterocycles. The first-order valence-electron chi connectivity index (χ1n) is 6.94. The summed E-state index contributed by atoms with van der Waals surface area (Å²) >= 11 is 5.60. The Bertz CT molecular complexity index is 781. The van der Waals surface area contributed by atoms with Gasteiger partial charge in [0.15, 0.2) is 29.5 Å². The molecule has 2 aromatic rings. The number of aromatic nitrogens is 4. The summed E-state index contributed by atoms with van der Waals surface area (Å²) in [5.74, 6) is 0.297. The second-order valence-corrected chi connectivity index (χ2v) is 5.50. The molecule has 3 rings (SSSR count). The average molecular weight is 356 g/mol. The maximum Gasteiger partial charge on any atom is 0.167 e. The van der Waals surface area contributed by atoms with E-state index in [9.17, 15) is 15.0 Å². The molecule has 1 aliphatic rings. The minimum absolute atomic E-state index is 0.0512. The summed E-state index contributed by atoms with van der Waals surface area (Å²) in [6.07, 6.45) is -0.00774. The number of nitrogens with one attached hydrogen (secondary N) is 1. The van der Waals surface area contributed by atoms with E-state index in [4.69, 9.17) is 21.4 Å². The fourth-order valence-electron chi connectivity index (χ4n) is 2.42. The number of carbonyl (C=O) groups excluding carboxylic acids is 1. The lowest BCUT2D eigenvalue weighted by atomic mass is 10.1. The number of hydrogen-bond donors (Lipinski definition) is 4. The molecule has 4 atom stereocenters. The zero-order valence-electron chi connectivity index (χ0n) is 12.2. The molecule has 11 heteroatoms. The molecule has 0 amide bonds. The number of fused-ring (bicyclic) bond motifs is 1. The molecule has 3 heterocycles. The van der Waals surface area contributed by atoms with Gasteiger partial charge in [-0.25, -0.2) is 15.0 Å². The molecule has 0 bridgehead atoms. The fraction of sp³-hybridized carbons (Fsp3) is 0.385. The minimum Gasteiger partial charge on any atom is -0.394 e. The summed E-state index contributed by atoms with van der Waals surface area (Å²) in [5.41, 5.74) is 0.680. The monoisotopic (exact) mass is 355 g/mol. The Morgan fingerprint density at radius 2 is 2.17 bits per heavy atom.